The number of nitrogens with one attached hydrogen (secondary N) is 2. The molecule has 1 aromatic heterocycles. The van der Waals surface area contributed by atoms with Gasteiger partial charge in [-0.25, -0.2) is 0 Å². The number of methoxy groups -OCH3 is 1. The molecular formula is C17H27N3O3S. The SMILES string of the molecule is COCCNC(=O)C(=O)NCC(c1ccsc1)N1CCCCCC1. The minimum atomic E-state index is -0.605. The third-order valence-corrected chi connectivity index (χ3v) is 4.96. The molecule has 1 saturated heterocycles. The van der Waals surface area contributed by atoms with Crippen molar-refractivity contribution in [1.29, 1.82) is 0 Å². The van der Waals surface area contributed by atoms with E-state index in [1.165, 1.54) is 31.2 Å². The molecule has 0 spiro atoms. The van der Waals surface area contributed by atoms with Crippen LogP contribution in [0.15, 0.2) is 16.8 Å². The second kappa shape index (κ2) is 10.4. The second-order valence-corrected chi connectivity index (χ2v) is 6.76. The molecule has 1 atom stereocenters. The van der Waals surface area contributed by atoms with Crippen molar-refractivity contribution >= 4 is 23.2 Å². The summed E-state index contributed by atoms with van der Waals surface area (Å²) in [7, 11) is 1.55. The smallest absolute Gasteiger partial charge is 0.309 e. The normalized spacial score (nSPS) is 17.0. The third-order valence-electron chi connectivity index (χ3n) is 4.26. The van der Waals surface area contributed by atoms with Gasteiger partial charge in [-0.3, -0.25) is 14.5 Å². The molecule has 6 nitrogen and oxygen atoms in total. The summed E-state index contributed by atoms with van der Waals surface area (Å²) in [5.74, 6) is -1.19. The first-order chi connectivity index (χ1) is 11.7. The summed E-state index contributed by atoms with van der Waals surface area (Å²) in [4.78, 5) is 26.2. The Labute approximate surface area is 147 Å². The molecule has 1 unspecified atom stereocenters. The Morgan fingerprint density at radius 1 is 1.21 bits per heavy atom. The lowest BCUT2D eigenvalue weighted by Crippen LogP contribution is -2.45. The van der Waals surface area contributed by atoms with Crippen LogP contribution in [0.4, 0.5) is 0 Å². The number of rotatable bonds is 7. The van der Waals surface area contributed by atoms with Gasteiger partial charge < -0.3 is 15.4 Å². The average molecular weight is 353 g/mol. The highest BCUT2D eigenvalue weighted by Crippen LogP contribution is 2.25. The van der Waals surface area contributed by atoms with Gasteiger partial charge in [0.25, 0.3) is 0 Å². The number of nitrogens with zero attached hydrogens (tertiary/aromatic N) is 1. The van der Waals surface area contributed by atoms with Crippen molar-refractivity contribution in [3.8, 4) is 0 Å². The monoisotopic (exact) mass is 353 g/mol. The Hall–Kier alpha value is -1.44. The molecule has 1 fully saturated rings. The van der Waals surface area contributed by atoms with Crippen molar-refractivity contribution in [3.05, 3.63) is 22.4 Å². The Kier molecular flexibility index (Phi) is 8.21. The van der Waals surface area contributed by atoms with E-state index >= 15 is 0 Å². The van der Waals surface area contributed by atoms with Gasteiger partial charge in [0.1, 0.15) is 0 Å². The maximum absolute atomic E-state index is 12.0. The third kappa shape index (κ3) is 5.89. The predicted octanol–water partition coefficient (Wildman–Crippen LogP) is 1.54. The Balaban J connectivity index is 1.91. The van der Waals surface area contributed by atoms with Gasteiger partial charge in [0.2, 0.25) is 0 Å². The van der Waals surface area contributed by atoms with E-state index in [-0.39, 0.29) is 6.04 Å². The molecule has 0 radical (unpaired) electrons. The summed E-state index contributed by atoms with van der Waals surface area (Å²) in [6.45, 7) is 3.26. The van der Waals surface area contributed by atoms with E-state index in [1.54, 1.807) is 18.4 Å². The molecule has 2 rings (SSSR count). The Morgan fingerprint density at radius 2 is 1.92 bits per heavy atom. The van der Waals surface area contributed by atoms with E-state index in [0.717, 1.165) is 13.1 Å². The van der Waals surface area contributed by atoms with Crippen molar-refractivity contribution in [3.63, 3.8) is 0 Å². The minimum Gasteiger partial charge on any atom is -0.383 e. The van der Waals surface area contributed by atoms with Gasteiger partial charge in [0.15, 0.2) is 0 Å². The molecule has 2 N–H and O–H groups in total. The van der Waals surface area contributed by atoms with Gasteiger partial charge in [-0.05, 0) is 48.3 Å². The molecule has 0 aromatic carbocycles. The van der Waals surface area contributed by atoms with Gasteiger partial charge in [-0.15, -0.1) is 0 Å². The molecule has 24 heavy (non-hydrogen) atoms. The zero-order chi connectivity index (χ0) is 17.2. The number of hydrogen-bond donors (Lipinski definition) is 2. The molecule has 7 heteroatoms. The lowest BCUT2D eigenvalue weighted by Gasteiger charge is -2.30. The number of likely N-dealkylation sites (tertiary alicyclic amines) is 1. The standard InChI is InChI=1S/C17H27N3O3S/c1-23-10-7-18-16(21)17(22)19-12-15(14-6-11-24-13-14)20-8-4-2-3-5-9-20/h6,11,13,15H,2-5,7-10,12H2,1H3,(H,18,21)(H,19,22). The molecule has 1 aliphatic heterocycles. The van der Waals surface area contributed by atoms with E-state index in [9.17, 15) is 9.59 Å². The van der Waals surface area contributed by atoms with Gasteiger partial charge >= 0.3 is 11.8 Å². The van der Waals surface area contributed by atoms with E-state index < -0.39 is 11.8 Å². The topological polar surface area (TPSA) is 70.7 Å². The van der Waals surface area contributed by atoms with Crippen LogP contribution in [0.3, 0.4) is 0 Å². The number of thiophene rings is 1. The average Bonchev–Trinajstić information content (AvgIpc) is 2.98. The van der Waals surface area contributed by atoms with Crippen molar-refractivity contribution < 1.29 is 14.3 Å². The van der Waals surface area contributed by atoms with Crippen LogP contribution in [0, 0.1) is 0 Å². The summed E-state index contributed by atoms with van der Waals surface area (Å²) in [6, 6.07) is 2.23. The van der Waals surface area contributed by atoms with Crippen LogP contribution in [-0.4, -0.2) is 56.6 Å². The quantitative estimate of drug-likeness (QED) is 0.576. The van der Waals surface area contributed by atoms with Crippen LogP contribution in [-0.2, 0) is 14.3 Å². The molecule has 0 aliphatic carbocycles. The number of carbonyl (C=O) groups excluding carboxylic acids is 2. The number of carbonyl (C=O) groups is 2. The molecule has 0 saturated carbocycles. The lowest BCUT2D eigenvalue weighted by atomic mass is 10.1. The first kappa shape index (κ1) is 18.9. The maximum Gasteiger partial charge on any atom is 0.309 e. The number of amides is 2. The second-order valence-electron chi connectivity index (χ2n) is 5.98. The van der Waals surface area contributed by atoms with E-state index in [1.807, 2.05) is 0 Å². The zero-order valence-corrected chi connectivity index (χ0v) is 15.1. The van der Waals surface area contributed by atoms with Crippen molar-refractivity contribution in [2.75, 3.05) is 39.9 Å². The van der Waals surface area contributed by atoms with Crippen LogP contribution in [0.1, 0.15) is 37.3 Å². The van der Waals surface area contributed by atoms with Crippen molar-refractivity contribution in [2.45, 2.75) is 31.7 Å². The van der Waals surface area contributed by atoms with Crippen LogP contribution in [0.25, 0.3) is 0 Å². The van der Waals surface area contributed by atoms with E-state index in [0.29, 0.717) is 19.7 Å². The van der Waals surface area contributed by atoms with Crippen LogP contribution in [0.2, 0.25) is 0 Å². The summed E-state index contributed by atoms with van der Waals surface area (Å²) in [5, 5.41) is 9.51. The van der Waals surface area contributed by atoms with Crippen molar-refractivity contribution in [2.24, 2.45) is 0 Å². The highest BCUT2D eigenvalue weighted by Gasteiger charge is 2.23. The van der Waals surface area contributed by atoms with Crippen molar-refractivity contribution in [1.82, 2.24) is 15.5 Å². The molecule has 2 heterocycles. The fourth-order valence-electron chi connectivity index (χ4n) is 2.95. The van der Waals surface area contributed by atoms with Gasteiger partial charge in [0, 0.05) is 20.2 Å². The highest BCUT2D eigenvalue weighted by molar-refractivity contribution is 7.07. The summed E-state index contributed by atoms with van der Waals surface area (Å²) in [5.41, 5.74) is 1.21. The van der Waals surface area contributed by atoms with Gasteiger partial charge in [0.05, 0.1) is 12.6 Å². The maximum atomic E-state index is 12.0. The Bertz CT molecular complexity index is 499. The molecule has 1 aliphatic rings. The van der Waals surface area contributed by atoms with Crippen LogP contribution >= 0.6 is 11.3 Å². The van der Waals surface area contributed by atoms with Gasteiger partial charge in [-0.1, -0.05) is 12.8 Å². The lowest BCUT2D eigenvalue weighted by molar-refractivity contribution is -0.139. The number of ether oxygens (including phenoxy) is 1. The van der Waals surface area contributed by atoms with Gasteiger partial charge in [-0.2, -0.15) is 11.3 Å². The summed E-state index contributed by atoms with van der Waals surface area (Å²) < 4.78 is 4.86. The molecule has 1 aromatic rings. The fourth-order valence-corrected chi connectivity index (χ4v) is 3.65. The largest absolute Gasteiger partial charge is 0.383 e. The van der Waals surface area contributed by atoms with E-state index in [2.05, 4.69) is 32.4 Å². The first-order valence-corrected chi connectivity index (χ1v) is 9.47. The molecular weight excluding hydrogens is 326 g/mol. The zero-order valence-electron chi connectivity index (χ0n) is 14.3. The van der Waals surface area contributed by atoms with E-state index in [4.69, 9.17) is 4.74 Å². The summed E-state index contributed by atoms with van der Waals surface area (Å²) in [6.07, 6.45) is 4.90. The van der Waals surface area contributed by atoms with Crippen LogP contribution in [0.5, 0.6) is 0 Å². The Morgan fingerprint density at radius 3 is 2.54 bits per heavy atom. The molecule has 134 valence electrons. The first-order valence-electron chi connectivity index (χ1n) is 8.53. The molecule has 0 bridgehead atoms. The number of hydrogen-bond acceptors (Lipinski definition) is 5. The summed E-state index contributed by atoms with van der Waals surface area (Å²) >= 11 is 1.66. The minimum absolute atomic E-state index is 0.130. The molecule has 2 amide bonds. The highest BCUT2D eigenvalue weighted by atomic mass is 32.1. The van der Waals surface area contributed by atoms with Crippen LogP contribution < -0.4 is 10.6 Å². The predicted molar refractivity (Wildman–Crippen MR) is 95.0 cm³/mol. The fraction of sp³-hybridized carbons (Fsp3) is 0.647.